The molecule has 1 fully saturated rings. The molecule has 19 heavy (non-hydrogen) atoms. The first-order valence-electron chi connectivity index (χ1n) is 6.75. The quantitative estimate of drug-likeness (QED) is 0.886. The molecule has 1 aliphatic rings. The molecule has 0 aromatic heterocycles. The highest BCUT2D eigenvalue weighted by molar-refractivity contribution is 6.42. The number of methoxy groups -OCH3 is 1. The van der Waals surface area contributed by atoms with Gasteiger partial charge in [-0.25, -0.2) is 0 Å². The van der Waals surface area contributed by atoms with E-state index in [4.69, 9.17) is 33.7 Å². The third-order valence-corrected chi connectivity index (χ3v) is 5.11. The third kappa shape index (κ3) is 2.92. The number of hydrogen-bond donors (Lipinski definition) is 1. The van der Waals surface area contributed by atoms with Crippen LogP contribution in [-0.4, -0.2) is 12.7 Å². The standard InChI is InChI=1S/C15H21Cl2NO/c1-10-5-4-8-15(9-10,19-2)14(18)11-6-3-7-12(16)13(11)17/h3,6-7,10,14H,4-5,8-9,18H2,1-2H3. The van der Waals surface area contributed by atoms with Gasteiger partial charge in [-0.15, -0.1) is 0 Å². The maximum Gasteiger partial charge on any atom is 0.0873 e. The molecule has 0 amide bonds. The number of rotatable bonds is 3. The van der Waals surface area contributed by atoms with Gasteiger partial charge in [-0.3, -0.25) is 0 Å². The second-order valence-electron chi connectivity index (χ2n) is 5.59. The van der Waals surface area contributed by atoms with Gasteiger partial charge in [-0.1, -0.05) is 55.1 Å². The fourth-order valence-electron chi connectivity index (χ4n) is 3.18. The largest absolute Gasteiger partial charge is 0.376 e. The monoisotopic (exact) mass is 301 g/mol. The van der Waals surface area contributed by atoms with Crippen LogP contribution in [0.5, 0.6) is 0 Å². The smallest absolute Gasteiger partial charge is 0.0873 e. The summed E-state index contributed by atoms with van der Waals surface area (Å²) in [7, 11) is 1.75. The normalized spacial score (nSPS) is 29.2. The molecule has 1 aliphatic carbocycles. The molecule has 0 spiro atoms. The van der Waals surface area contributed by atoms with Crippen LogP contribution in [0.25, 0.3) is 0 Å². The summed E-state index contributed by atoms with van der Waals surface area (Å²) < 4.78 is 5.83. The molecule has 3 unspecified atom stereocenters. The molecular formula is C15H21Cl2NO. The third-order valence-electron chi connectivity index (χ3n) is 4.28. The van der Waals surface area contributed by atoms with Crippen molar-refractivity contribution in [3.05, 3.63) is 33.8 Å². The molecule has 1 saturated carbocycles. The average Bonchev–Trinajstić information content (AvgIpc) is 2.41. The zero-order chi connectivity index (χ0) is 14.0. The molecular weight excluding hydrogens is 281 g/mol. The zero-order valence-electron chi connectivity index (χ0n) is 11.5. The molecule has 4 heteroatoms. The predicted octanol–water partition coefficient (Wildman–Crippen LogP) is 4.59. The minimum absolute atomic E-state index is 0.244. The summed E-state index contributed by atoms with van der Waals surface area (Å²) in [5.41, 5.74) is 7.03. The second-order valence-corrected chi connectivity index (χ2v) is 6.38. The van der Waals surface area contributed by atoms with Gasteiger partial charge in [-0.2, -0.15) is 0 Å². The Hall–Kier alpha value is -0.280. The molecule has 106 valence electrons. The highest BCUT2D eigenvalue weighted by Crippen LogP contribution is 2.44. The Bertz CT molecular complexity index is 452. The molecule has 0 radical (unpaired) electrons. The van der Waals surface area contributed by atoms with Gasteiger partial charge in [0.2, 0.25) is 0 Å². The van der Waals surface area contributed by atoms with Gasteiger partial charge in [-0.05, 0) is 30.4 Å². The Balaban J connectivity index is 2.35. The summed E-state index contributed by atoms with van der Waals surface area (Å²) in [6, 6.07) is 5.37. The fraction of sp³-hybridized carbons (Fsp3) is 0.600. The van der Waals surface area contributed by atoms with Crippen molar-refractivity contribution < 1.29 is 4.74 Å². The van der Waals surface area contributed by atoms with Crippen LogP contribution in [0.15, 0.2) is 18.2 Å². The van der Waals surface area contributed by atoms with Crippen molar-refractivity contribution in [3.8, 4) is 0 Å². The molecule has 1 aromatic carbocycles. The van der Waals surface area contributed by atoms with E-state index in [2.05, 4.69) is 6.92 Å². The Morgan fingerprint density at radius 2 is 2.16 bits per heavy atom. The van der Waals surface area contributed by atoms with Gasteiger partial charge in [0.25, 0.3) is 0 Å². The van der Waals surface area contributed by atoms with Gasteiger partial charge in [0, 0.05) is 7.11 Å². The maximum absolute atomic E-state index is 6.48. The summed E-state index contributed by atoms with van der Waals surface area (Å²) in [5, 5.41) is 1.09. The van der Waals surface area contributed by atoms with E-state index in [1.54, 1.807) is 13.2 Å². The first-order valence-corrected chi connectivity index (χ1v) is 7.50. The lowest BCUT2D eigenvalue weighted by atomic mass is 9.73. The number of hydrogen-bond acceptors (Lipinski definition) is 2. The van der Waals surface area contributed by atoms with E-state index in [0.29, 0.717) is 16.0 Å². The van der Waals surface area contributed by atoms with Crippen LogP contribution in [-0.2, 0) is 4.74 Å². The van der Waals surface area contributed by atoms with Gasteiger partial charge < -0.3 is 10.5 Å². The second kappa shape index (κ2) is 6.01. The SMILES string of the molecule is COC1(C(N)c2cccc(Cl)c2Cl)CCCC(C)C1. The van der Waals surface area contributed by atoms with Crippen molar-refractivity contribution >= 4 is 23.2 Å². The van der Waals surface area contributed by atoms with Crippen molar-refractivity contribution in [2.75, 3.05) is 7.11 Å². The van der Waals surface area contributed by atoms with Crippen molar-refractivity contribution in [2.45, 2.75) is 44.2 Å². The summed E-state index contributed by atoms with van der Waals surface area (Å²) in [4.78, 5) is 0. The first kappa shape index (κ1) is 15.1. The highest BCUT2D eigenvalue weighted by atomic mass is 35.5. The number of benzene rings is 1. The number of nitrogens with two attached hydrogens (primary N) is 1. The van der Waals surface area contributed by atoms with Crippen LogP contribution >= 0.6 is 23.2 Å². The molecule has 3 atom stereocenters. The molecule has 0 aliphatic heterocycles. The lowest BCUT2D eigenvalue weighted by Crippen LogP contribution is -2.46. The van der Waals surface area contributed by atoms with Gasteiger partial charge in [0.15, 0.2) is 0 Å². The van der Waals surface area contributed by atoms with E-state index in [-0.39, 0.29) is 11.6 Å². The van der Waals surface area contributed by atoms with Crippen molar-refractivity contribution in [3.63, 3.8) is 0 Å². The summed E-state index contributed by atoms with van der Waals surface area (Å²) >= 11 is 12.4. The zero-order valence-corrected chi connectivity index (χ0v) is 13.0. The van der Waals surface area contributed by atoms with E-state index in [1.165, 1.54) is 6.42 Å². The summed E-state index contributed by atoms with van der Waals surface area (Å²) in [5.74, 6) is 0.623. The van der Waals surface area contributed by atoms with Crippen LogP contribution in [0, 0.1) is 5.92 Å². The highest BCUT2D eigenvalue weighted by Gasteiger charge is 2.41. The molecule has 0 bridgehead atoms. The van der Waals surface area contributed by atoms with E-state index in [0.717, 1.165) is 24.8 Å². The van der Waals surface area contributed by atoms with Crippen molar-refractivity contribution in [2.24, 2.45) is 11.7 Å². The Kier molecular flexibility index (Phi) is 4.78. The van der Waals surface area contributed by atoms with Crippen LogP contribution in [0.1, 0.15) is 44.2 Å². The van der Waals surface area contributed by atoms with Gasteiger partial charge in [0.1, 0.15) is 0 Å². The lowest BCUT2D eigenvalue weighted by Gasteiger charge is -2.43. The van der Waals surface area contributed by atoms with Crippen molar-refractivity contribution in [1.82, 2.24) is 0 Å². The van der Waals surface area contributed by atoms with Gasteiger partial charge >= 0.3 is 0 Å². The Labute approximate surface area is 125 Å². The molecule has 2 nitrogen and oxygen atoms in total. The molecule has 0 saturated heterocycles. The minimum Gasteiger partial charge on any atom is -0.376 e. The van der Waals surface area contributed by atoms with E-state index >= 15 is 0 Å². The van der Waals surface area contributed by atoms with Crippen LogP contribution < -0.4 is 5.73 Å². The topological polar surface area (TPSA) is 35.2 Å². The Morgan fingerprint density at radius 1 is 1.42 bits per heavy atom. The van der Waals surface area contributed by atoms with E-state index in [9.17, 15) is 0 Å². The van der Waals surface area contributed by atoms with Crippen LogP contribution in [0.2, 0.25) is 10.0 Å². The molecule has 2 N–H and O–H groups in total. The number of halogens is 2. The first-order chi connectivity index (χ1) is 9.00. The van der Waals surface area contributed by atoms with E-state index < -0.39 is 0 Å². The minimum atomic E-state index is -0.327. The van der Waals surface area contributed by atoms with Crippen LogP contribution in [0.3, 0.4) is 0 Å². The molecule has 1 aromatic rings. The number of ether oxygens (including phenoxy) is 1. The van der Waals surface area contributed by atoms with Crippen molar-refractivity contribution in [1.29, 1.82) is 0 Å². The average molecular weight is 302 g/mol. The molecule has 2 rings (SSSR count). The fourth-order valence-corrected chi connectivity index (χ4v) is 3.61. The predicted molar refractivity (Wildman–Crippen MR) is 80.8 cm³/mol. The molecule has 0 heterocycles. The summed E-state index contributed by atoms with van der Waals surface area (Å²) in [6.45, 7) is 2.25. The van der Waals surface area contributed by atoms with Crippen LogP contribution in [0.4, 0.5) is 0 Å². The maximum atomic E-state index is 6.48. The Morgan fingerprint density at radius 3 is 2.79 bits per heavy atom. The van der Waals surface area contributed by atoms with E-state index in [1.807, 2.05) is 12.1 Å². The summed E-state index contributed by atoms with van der Waals surface area (Å²) in [6.07, 6.45) is 4.31. The van der Waals surface area contributed by atoms with Gasteiger partial charge in [0.05, 0.1) is 21.7 Å². The lowest BCUT2D eigenvalue weighted by molar-refractivity contribution is -0.0718.